The van der Waals surface area contributed by atoms with Crippen LogP contribution in [0.4, 0.5) is 0 Å². The minimum atomic E-state index is -1.25. The Morgan fingerprint density at radius 1 is 0.800 bits per heavy atom. The van der Waals surface area contributed by atoms with Crippen LogP contribution in [0.3, 0.4) is 0 Å². The summed E-state index contributed by atoms with van der Waals surface area (Å²) in [5.41, 5.74) is 3.12. The number of carbonyl (C=O) groups is 5. The van der Waals surface area contributed by atoms with Crippen molar-refractivity contribution in [2.24, 2.45) is 0 Å². The lowest BCUT2D eigenvalue weighted by Crippen LogP contribution is -2.55. The number of carbonyl (C=O) groups excluding carboxylic acids is 5. The molecule has 0 spiro atoms. The van der Waals surface area contributed by atoms with Gasteiger partial charge < -0.3 is 31.3 Å². The maximum Gasteiger partial charge on any atom is 0.255 e. The average Bonchev–Trinajstić information content (AvgIpc) is 3.63. The minimum Gasteiger partial charge on any atom is -0.493 e. The highest BCUT2D eigenvalue weighted by Crippen LogP contribution is 2.19. The van der Waals surface area contributed by atoms with Crippen LogP contribution in [0.5, 0.6) is 5.75 Å². The van der Waals surface area contributed by atoms with Gasteiger partial charge in [-0.3, -0.25) is 28.9 Å². The van der Waals surface area contributed by atoms with Crippen molar-refractivity contribution in [2.75, 3.05) is 26.2 Å². The Balaban J connectivity index is 1.30. The second-order valence-electron chi connectivity index (χ2n) is 12.8. The molecule has 5 amide bonds. The van der Waals surface area contributed by atoms with Gasteiger partial charge in [-0.2, -0.15) is 0 Å². The Kier molecular flexibility index (Phi) is 13.0. The smallest absolute Gasteiger partial charge is 0.255 e. The number of rotatable bonds is 7. The number of hydrogen-bond donors (Lipinski definition) is 5. The summed E-state index contributed by atoms with van der Waals surface area (Å²) in [6, 6.07) is 20.8. The van der Waals surface area contributed by atoms with Crippen molar-refractivity contribution in [1.29, 1.82) is 0 Å². The molecule has 3 aromatic rings. The highest BCUT2D eigenvalue weighted by Gasteiger charge is 2.29. The van der Waals surface area contributed by atoms with E-state index in [2.05, 4.69) is 31.5 Å². The molecule has 2 aliphatic heterocycles. The molecule has 0 saturated carbocycles. The number of nitrogens with one attached hydrogen (secondary N) is 5. The maximum absolute atomic E-state index is 13.5. The summed E-state index contributed by atoms with van der Waals surface area (Å²) >= 11 is 0. The van der Waals surface area contributed by atoms with Crippen molar-refractivity contribution < 1.29 is 28.7 Å². The van der Waals surface area contributed by atoms with Crippen molar-refractivity contribution in [1.82, 2.24) is 31.5 Å². The summed E-state index contributed by atoms with van der Waals surface area (Å²) in [7, 11) is 0. The molecule has 264 valence electrons. The van der Waals surface area contributed by atoms with E-state index in [0.717, 1.165) is 30.8 Å². The van der Waals surface area contributed by atoms with Gasteiger partial charge >= 0.3 is 0 Å². The van der Waals surface area contributed by atoms with Crippen LogP contribution in [-0.4, -0.2) is 78.8 Å². The van der Waals surface area contributed by atoms with E-state index in [4.69, 9.17) is 4.74 Å². The van der Waals surface area contributed by atoms with Crippen LogP contribution in [0.1, 0.15) is 59.7 Å². The Bertz CT molecular complexity index is 1630. The zero-order valence-corrected chi connectivity index (χ0v) is 28.4. The Hall–Kier alpha value is -5.23. The zero-order valence-electron chi connectivity index (χ0n) is 28.4. The molecule has 0 bridgehead atoms. The van der Waals surface area contributed by atoms with Crippen molar-refractivity contribution in [3.8, 4) is 5.75 Å². The largest absolute Gasteiger partial charge is 0.493 e. The molecule has 5 rings (SSSR count). The summed E-state index contributed by atoms with van der Waals surface area (Å²) < 4.78 is 5.90. The molecule has 2 aliphatic rings. The predicted molar refractivity (Wildman–Crippen MR) is 188 cm³/mol. The summed E-state index contributed by atoms with van der Waals surface area (Å²) in [5.74, 6) is -2.42. The lowest BCUT2D eigenvalue weighted by atomic mass is 10.0. The van der Waals surface area contributed by atoms with E-state index in [-0.39, 0.29) is 37.6 Å². The van der Waals surface area contributed by atoms with Crippen LogP contribution < -0.4 is 31.3 Å². The minimum absolute atomic E-state index is 0.195. The first-order valence-electron chi connectivity index (χ1n) is 17.3. The fourth-order valence-electron chi connectivity index (χ4n) is 6.00. The quantitative estimate of drug-likeness (QED) is 0.256. The summed E-state index contributed by atoms with van der Waals surface area (Å²) in [5, 5.41) is 13.8. The van der Waals surface area contributed by atoms with Crippen molar-refractivity contribution in [3.05, 3.63) is 101 Å². The summed E-state index contributed by atoms with van der Waals surface area (Å²) in [6.07, 6.45) is 2.70. The first-order chi connectivity index (χ1) is 24.2. The summed E-state index contributed by atoms with van der Waals surface area (Å²) in [6.45, 7) is 5.25. The number of likely N-dealkylation sites (tertiary alicyclic amines) is 1. The van der Waals surface area contributed by atoms with Gasteiger partial charge in [0.05, 0.1) is 18.6 Å². The van der Waals surface area contributed by atoms with Gasteiger partial charge in [0.1, 0.15) is 23.9 Å². The Morgan fingerprint density at radius 2 is 1.50 bits per heavy atom. The van der Waals surface area contributed by atoms with Crippen LogP contribution in [0.2, 0.25) is 0 Å². The number of nitrogens with zero attached hydrogens (tertiary/aromatic N) is 1. The van der Waals surface area contributed by atoms with Crippen LogP contribution in [0, 0.1) is 0 Å². The van der Waals surface area contributed by atoms with Gasteiger partial charge in [-0.1, -0.05) is 66.7 Å². The number of hydrogen-bond acceptors (Lipinski definition) is 7. The van der Waals surface area contributed by atoms with E-state index < -0.39 is 48.2 Å². The lowest BCUT2D eigenvalue weighted by Gasteiger charge is -2.23. The van der Waals surface area contributed by atoms with E-state index in [1.54, 1.807) is 24.3 Å². The second-order valence-corrected chi connectivity index (χ2v) is 12.8. The molecular weight excluding hydrogens is 636 g/mol. The average molecular weight is 683 g/mol. The molecule has 12 nitrogen and oxygen atoms in total. The van der Waals surface area contributed by atoms with Crippen LogP contribution >= 0.6 is 0 Å². The first kappa shape index (κ1) is 36.1. The second kappa shape index (κ2) is 18.0. The summed E-state index contributed by atoms with van der Waals surface area (Å²) in [4.78, 5) is 69.1. The molecule has 5 N–H and O–H groups in total. The molecule has 12 heteroatoms. The highest BCUT2D eigenvalue weighted by molar-refractivity contribution is 6.01. The standard InChI is InChI=1S/C38H46N6O6/c1-26-35(46)42-31(22-27-10-3-2-4-11-27)37(48)39-18-9-21-50-33-13-6-5-12-30(33)36(47)43-32(23-34(45)41-26)38(49)40-24-28-14-16-29(17-15-28)25-44-19-7-8-20-44/h2-6,10-17,26,31-32H,7-9,18-25H2,1H3,(H,39,48)(H,40,49)(H,41,45)(H,42,46)(H,43,47)/t26-,31-,32-/m0/s1. The first-order valence-corrected chi connectivity index (χ1v) is 17.3. The van der Waals surface area contributed by atoms with E-state index >= 15 is 0 Å². The molecule has 3 aromatic carbocycles. The third-order valence-corrected chi connectivity index (χ3v) is 8.80. The molecule has 0 aromatic heterocycles. The normalized spacial score (nSPS) is 21.3. The van der Waals surface area contributed by atoms with E-state index in [1.807, 2.05) is 54.6 Å². The molecule has 0 unspecified atom stereocenters. The van der Waals surface area contributed by atoms with Crippen molar-refractivity contribution >= 4 is 29.5 Å². The molecule has 50 heavy (non-hydrogen) atoms. The molecule has 0 aliphatic carbocycles. The monoisotopic (exact) mass is 682 g/mol. The Labute approximate surface area is 292 Å². The third kappa shape index (κ3) is 10.6. The number of benzene rings is 3. The molecule has 3 atom stereocenters. The van der Waals surface area contributed by atoms with Crippen LogP contribution in [-0.2, 0) is 38.7 Å². The SMILES string of the molecule is C[C@@H]1NC(=O)C[C@@H](C(=O)NCc2ccc(CN3CCCC3)cc2)NC(=O)c2ccccc2OCCCNC(=O)[C@H](Cc2ccccc2)NC1=O. The van der Waals surface area contributed by atoms with Gasteiger partial charge in [0, 0.05) is 26.1 Å². The molecule has 1 saturated heterocycles. The molecular formula is C38H46N6O6. The number of ether oxygens (including phenoxy) is 1. The van der Waals surface area contributed by atoms with E-state index in [9.17, 15) is 24.0 Å². The predicted octanol–water partition coefficient (Wildman–Crippen LogP) is 2.22. The Morgan fingerprint density at radius 3 is 2.26 bits per heavy atom. The van der Waals surface area contributed by atoms with Crippen LogP contribution in [0.25, 0.3) is 0 Å². The van der Waals surface area contributed by atoms with Crippen molar-refractivity contribution in [3.63, 3.8) is 0 Å². The zero-order chi connectivity index (χ0) is 35.3. The third-order valence-electron chi connectivity index (χ3n) is 8.80. The maximum atomic E-state index is 13.5. The highest BCUT2D eigenvalue weighted by atomic mass is 16.5. The fraction of sp³-hybridized carbons (Fsp3) is 0.395. The van der Waals surface area contributed by atoms with Gasteiger partial charge in [-0.05, 0) is 68.1 Å². The van der Waals surface area contributed by atoms with Gasteiger partial charge in [0.15, 0.2) is 0 Å². The number of para-hydroxylation sites is 1. The number of amides is 5. The van der Waals surface area contributed by atoms with Gasteiger partial charge in [0.2, 0.25) is 23.6 Å². The van der Waals surface area contributed by atoms with E-state index in [0.29, 0.717) is 12.2 Å². The number of fused-ring (bicyclic) bond motifs is 1. The van der Waals surface area contributed by atoms with E-state index in [1.165, 1.54) is 25.3 Å². The lowest BCUT2D eigenvalue weighted by molar-refractivity contribution is -0.132. The van der Waals surface area contributed by atoms with Crippen LogP contribution in [0.15, 0.2) is 78.9 Å². The topological polar surface area (TPSA) is 158 Å². The van der Waals surface area contributed by atoms with Gasteiger partial charge in [0.25, 0.3) is 5.91 Å². The van der Waals surface area contributed by atoms with Crippen molar-refractivity contribution in [2.45, 2.75) is 70.2 Å². The molecule has 0 radical (unpaired) electrons. The molecule has 1 fully saturated rings. The molecule has 2 heterocycles. The van der Waals surface area contributed by atoms with Gasteiger partial charge in [-0.25, -0.2) is 0 Å². The van der Waals surface area contributed by atoms with Gasteiger partial charge in [-0.15, -0.1) is 0 Å². The fourth-order valence-corrected chi connectivity index (χ4v) is 6.00.